The molecule has 5 heteroatoms. The molecule has 0 amide bonds. The number of hydrogen-bond donors (Lipinski definition) is 1. The molecule has 0 bridgehead atoms. The van der Waals surface area contributed by atoms with Crippen LogP contribution in [-0.2, 0) is 6.18 Å². The maximum absolute atomic E-state index is 12.5. The summed E-state index contributed by atoms with van der Waals surface area (Å²) in [7, 11) is 0. The molecule has 0 spiro atoms. The van der Waals surface area contributed by atoms with Crippen molar-refractivity contribution in [3.8, 4) is 0 Å². The lowest BCUT2D eigenvalue weighted by atomic mass is 9.92. The molecule has 0 aromatic heterocycles. The highest BCUT2D eigenvalue weighted by Gasteiger charge is 2.31. The van der Waals surface area contributed by atoms with E-state index in [2.05, 4.69) is 11.8 Å². The Morgan fingerprint density at radius 3 is 2.35 bits per heavy atom. The van der Waals surface area contributed by atoms with Gasteiger partial charge in [-0.25, -0.2) is 0 Å². The van der Waals surface area contributed by atoms with Gasteiger partial charge in [-0.15, -0.1) is 0 Å². The average molecular weight is 286 g/mol. The first-order valence-electron chi connectivity index (χ1n) is 6.96. The molecule has 0 radical (unpaired) electrons. The maximum atomic E-state index is 12.5. The second-order valence-corrected chi connectivity index (χ2v) is 5.72. The molecule has 1 heterocycles. The molecule has 2 nitrogen and oxygen atoms in total. The van der Waals surface area contributed by atoms with Gasteiger partial charge in [-0.2, -0.15) is 13.2 Å². The minimum Gasteiger partial charge on any atom is -0.327 e. The van der Waals surface area contributed by atoms with E-state index < -0.39 is 11.7 Å². The summed E-state index contributed by atoms with van der Waals surface area (Å²) in [6.45, 7) is 5.94. The van der Waals surface area contributed by atoms with Crippen molar-refractivity contribution in [2.45, 2.75) is 38.5 Å². The number of nitrogens with zero attached hydrogens (tertiary/aromatic N) is 1. The molecular formula is C15H21F3N2. The predicted molar refractivity (Wildman–Crippen MR) is 73.2 cm³/mol. The number of likely N-dealkylation sites (tertiary alicyclic amines) is 1. The van der Waals surface area contributed by atoms with E-state index >= 15 is 0 Å². The Hall–Kier alpha value is -1.07. The summed E-state index contributed by atoms with van der Waals surface area (Å²) in [6.07, 6.45) is -3.33. The SMILES string of the molecule is CC1CN(C(C)c2ccc(C(F)(F)F)cc2)CCC1N. The number of piperidine rings is 1. The summed E-state index contributed by atoms with van der Waals surface area (Å²) < 4.78 is 37.6. The van der Waals surface area contributed by atoms with Crippen LogP contribution in [-0.4, -0.2) is 24.0 Å². The topological polar surface area (TPSA) is 29.3 Å². The maximum Gasteiger partial charge on any atom is 0.416 e. The molecule has 2 rings (SSSR count). The van der Waals surface area contributed by atoms with Crippen molar-refractivity contribution in [1.82, 2.24) is 4.90 Å². The van der Waals surface area contributed by atoms with Crippen molar-refractivity contribution in [1.29, 1.82) is 0 Å². The predicted octanol–water partition coefficient (Wildman–Crippen LogP) is 3.44. The Morgan fingerprint density at radius 1 is 1.25 bits per heavy atom. The molecule has 0 saturated carbocycles. The van der Waals surface area contributed by atoms with E-state index in [1.165, 1.54) is 0 Å². The zero-order chi connectivity index (χ0) is 14.9. The minimum absolute atomic E-state index is 0.118. The number of nitrogens with two attached hydrogens (primary N) is 1. The molecule has 1 aromatic carbocycles. The van der Waals surface area contributed by atoms with Crippen LogP contribution in [0.5, 0.6) is 0 Å². The fourth-order valence-corrected chi connectivity index (χ4v) is 2.71. The van der Waals surface area contributed by atoms with E-state index in [0.29, 0.717) is 5.92 Å². The third kappa shape index (κ3) is 3.33. The standard InChI is InChI=1S/C15H21F3N2/c1-10-9-20(8-7-14(10)19)11(2)12-3-5-13(6-4-12)15(16,17)18/h3-6,10-11,14H,7-9,19H2,1-2H3. The van der Waals surface area contributed by atoms with Gasteiger partial charge in [-0.3, -0.25) is 4.90 Å². The van der Waals surface area contributed by atoms with Gasteiger partial charge < -0.3 is 5.73 Å². The van der Waals surface area contributed by atoms with Crippen LogP contribution >= 0.6 is 0 Å². The van der Waals surface area contributed by atoms with E-state index in [0.717, 1.165) is 37.2 Å². The first-order chi connectivity index (χ1) is 9.29. The number of rotatable bonds is 2. The molecule has 1 aromatic rings. The Morgan fingerprint density at radius 2 is 1.85 bits per heavy atom. The van der Waals surface area contributed by atoms with Crippen LogP contribution in [0.4, 0.5) is 13.2 Å². The third-order valence-corrected chi connectivity index (χ3v) is 4.27. The largest absolute Gasteiger partial charge is 0.416 e. The van der Waals surface area contributed by atoms with Gasteiger partial charge in [-0.1, -0.05) is 19.1 Å². The Bertz CT molecular complexity index is 441. The zero-order valence-electron chi connectivity index (χ0n) is 11.8. The van der Waals surface area contributed by atoms with Gasteiger partial charge in [-0.05, 0) is 37.0 Å². The summed E-state index contributed by atoms with van der Waals surface area (Å²) >= 11 is 0. The second kappa shape index (κ2) is 5.74. The van der Waals surface area contributed by atoms with E-state index in [1.807, 2.05) is 6.92 Å². The molecule has 1 fully saturated rings. The van der Waals surface area contributed by atoms with Gasteiger partial charge in [0.2, 0.25) is 0 Å². The van der Waals surface area contributed by atoms with Gasteiger partial charge in [0, 0.05) is 25.2 Å². The summed E-state index contributed by atoms with van der Waals surface area (Å²) in [6, 6.07) is 5.81. The van der Waals surface area contributed by atoms with Crippen molar-refractivity contribution < 1.29 is 13.2 Å². The second-order valence-electron chi connectivity index (χ2n) is 5.72. The molecule has 2 N–H and O–H groups in total. The molecule has 20 heavy (non-hydrogen) atoms. The number of halogens is 3. The molecular weight excluding hydrogens is 265 g/mol. The highest BCUT2D eigenvalue weighted by molar-refractivity contribution is 5.26. The van der Waals surface area contributed by atoms with Crippen molar-refractivity contribution >= 4 is 0 Å². The van der Waals surface area contributed by atoms with Crippen molar-refractivity contribution in [3.63, 3.8) is 0 Å². The van der Waals surface area contributed by atoms with Gasteiger partial charge in [0.15, 0.2) is 0 Å². The monoisotopic (exact) mass is 286 g/mol. The van der Waals surface area contributed by atoms with Crippen LogP contribution in [0.2, 0.25) is 0 Å². The van der Waals surface area contributed by atoms with E-state index in [-0.39, 0.29) is 12.1 Å². The first kappa shape index (κ1) is 15.3. The summed E-state index contributed by atoms with van der Waals surface area (Å²) in [5, 5.41) is 0. The smallest absolute Gasteiger partial charge is 0.327 e. The van der Waals surface area contributed by atoms with Crippen molar-refractivity contribution in [3.05, 3.63) is 35.4 Å². The van der Waals surface area contributed by atoms with E-state index in [9.17, 15) is 13.2 Å². The molecule has 1 aliphatic rings. The van der Waals surface area contributed by atoms with Crippen LogP contribution in [0.25, 0.3) is 0 Å². The van der Waals surface area contributed by atoms with Gasteiger partial charge in [0.25, 0.3) is 0 Å². The van der Waals surface area contributed by atoms with Crippen LogP contribution < -0.4 is 5.73 Å². The van der Waals surface area contributed by atoms with E-state index in [4.69, 9.17) is 5.73 Å². The highest BCUT2D eigenvalue weighted by Crippen LogP contribution is 2.31. The van der Waals surface area contributed by atoms with Gasteiger partial charge in [0.1, 0.15) is 0 Å². The Kier molecular flexibility index (Phi) is 4.39. The molecule has 1 saturated heterocycles. The Labute approximate surface area is 117 Å². The molecule has 1 aliphatic heterocycles. The molecule has 112 valence electrons. The van der Waals surface area contributed by atoms with Crippen molar-refractivity contribution in [2.24, 2.45) is 11.7 Å². The molecule has 3 unspecified atom stereocenters. The van der Waals surface area contributed by atoms with E-state index in [1.54, 1.807) is 12.1 Å². The molecule has 3 atom stereocenters. The summed E-state index contributed by atoms with van der Waals surface area (Å²) in [5.74, 6) is 0.417. The van der Waals surface area contributed by atoms with Crippen LogP contribution in [0.1, 0.15) is 37.4 Å². The lowest BCUT2D eigenvalue weighted by Gasteiger charge is -2.39. The summed E-state index contributed by atoms with van der Waals surface area (Å²) in [5.41, 5.74) is 6.32. The number of hydrogen-bond acceptors (Lipinski definition) is 2. The summed E-state index contributed by atoms with van der Waals surface area (Å²) in [4.78, 5) is 2.29. The van der Waals surface area contributed by atoms with Crippen LogP contribution in [0.15, 0.2) is 24.3 Å². The third-order valence-electron chi connectivity index (χ3n) is 4.27. The molecule has 0 aliphatic carbocycles. The number of benzene rings is 1. The quantitative estimate of drug-likeness (QED) is 0.902. The highest BCUT2D eigenvalue weighted by atomic mass is 19.4. The van der Waals surface area contributed by atoms with Gasteiger partial charge >= 0.3 is 6.18 Å². The fourth-order valence-electron chi connectivity index (χ4n) is 2.71. The number of alkyl halides is 3. The average Bonchev–Trinajstić information content (AvgIpc) is 2.40. The lowest BCUT2D eigenvalue weighted by Crippen LogP contribution is -2.46. The lowest BCUT2D eigenvalue weighted by molar-refractivity contribution is -0.137. The fraction of sp³-hybridized carbons (Fsp3) is 0.600. The Balaban J connectivity index is 2.08. The normalized spacial score (nSPS) is 26.5. The van der Waals surface area contributed by atoms with Crippen molar-refractivity contribution in [2.75, 3.05) is 13.1 Å². The minimum atomic E-state index is -4.27. The van der Waals surface area contributed by atoms with Crippen LogP contribution in [0.3, 0.4) is 0 Å². The van der Waals surface area contributed by atoms with Crippen LogP contribution in [0, 0.1) is 5.92 Å². The van der Waals surface area contributed by atoms with Gasteiger partial charge in [0.05, 0.1) is 5.56 Å². The first-order valence-corrected chi connectivity index (χ1v) is 6.96. The zero-order valence-corrected chi connectivity index (χ0v) is 11.8.